The molecule has 0 amide bonds. The van der Waals surface area contributed by atoms with Crippen molar-refractivity contribution >= 4 is 12.4 Å². The largest absolute Gasteiger partial charge is 0.497 e. The molecule has 2 aliphatic heterocycles. The molecule has 2 aromatic rings. The molecule has 31 heavy (non-hydrogen) atoms. The average molecular weight is 452 g/mol. The topological polar surface area (TPSA) is 111 Å². The fourth-order valence-electron chi connectivity index (χ4n) is 4.39. The van der Waals surface area contributed by atoms with Crippen molar-refractivity contribution in [2.24, 2.45) is 0 Å². The molecule has 2 aliphatic rings. The molecule has 6 atom stereocenters. The third-order valence-corrected chi connectivity index (χ3v) is 6.15. The fraction of sp³-hybridized carbons (Fsp3) is 0.478. The van der Waals surface area contributed by atoms with E-state index in [9.17, 15) is 20.4 Å². The van der Waals surface area contributed by atoms with Crippen molar-refractivity contribution in [2.45, 2.75) is 49.4 Å². The summed E-state index contributed by atoms with van der Waals surface area (Å²) in [6.07, 6.45) is -4.06. The van der Waals surface area contributed by atoms with Gasteiger partial charge in [0.2, 0.25) is 0 Å². The number of halogens is 1. The summed E-state index contributed by atoms with van der Waals surface area (Å²) in [5.74, 6) is 0.820. The van der Waals surface area contributed by atoms with Crippen LogP contribution >= 0.6 is 12.4 Å². The maximum atomic E-state index is 10.5. The molecule has 1 fully saturated rings. The van der Waals surface area contributed by atoms with Gasteiger partial charge in [-0.15, -0.1) is 12.4 Å². The fourth-order valence-corrected chi connectivity index (χ4v) is 4.39. The van der Waals surface area contributed by atoms with Gasteiger partial charge >= 0.3 is 0 Å². The van der Waals surface area contributed by atoms with Crippen LogP contribution < -0.4 is 10.1 Å². The molecule has 0 bridgehead atoms. The Kier molecular flexibility index (Phi) is 7.93. The van der Waals surface area contributed by atoms with E-state index >= 15 is 0 Å². The Hall–Kier alpha value is -1.71. The monoisotopic (exact) mass is 451 g/mol. The van der Waals surface area contributed by atoms with E-state index < -0.39 is 37.1 Å². The lowest BCUT2D eigenvalue weighted by atomic mass is 9.85. The quantitative estimate of drug-likeness (QED) is 0.462. The number of aliphatic hydroxyl groups is 4. The number of ether oxygens (including phenoxy) is 2. The van der Waals surface area contributed by atoms with Gasteiger partial charge in [0.25, 0.3) is 0 Å². The molecule has 2 heterocycles. The Balaban J connectivity index is 0.00000272. The highest BCUT2D eigenvalue weighted by atomic mass is 35.5. The zero-order valence-corrected chi connectivity index (χ0v) is 18.2. The van der Waals surface area contributed by atoms with Crippen LogP contribution in [0.2, 0.25) is 0 Å². The molecule has 2 aromatic carbocycles. The van der Waals surface area contributed by atoms with E-state index in [1.54, 1.807) is 7.11 Å². The number of rotatable bonds is 5. The van der Waals surface area contributed by atoms with Gasteiger partial charge in [-0.2, -0.15) is 0 Å². The second-order valence-corrected chi connectivity index (χ2v) is 8.02. The molecule has 0 saturated carbocycles. The first-order chi connectivity index (χ1) is 14.5. The minimum Gasteiger partial charge on any atom is -0.497 e. The molecule has 5 N–H and O–H groups in total. The number of hydrogen-bond acceptors (Lipinski definition) is 7. The summed E-state index contributed by atoms with van der Waals surface area (Å²) in [4.78, 5) is 0. The predicted molar refractivity (Wildman–Crippen MR) is 118 cm³/mol. The number of fused-ring (bicyclic) bond motifs is 1. The molecule has 1 saturated heterocycles. The molecular weight excluding hydrogens is 422 g/mol. The minimum absolute atomic E-state index is 0. The third kappa shape index (κ3) is 4.88. The number of aliphatic hydroxyl groups excluding tert-OH is 4. The minimum atomic E-state index is -1.38. The van der Waals surface area contributed by atoms with Crippen LogP contribution in [-0.2, 0) is 17.6 Å². The Morgan fingerprint density at radius 3 is 2.45 bits per heavy atom. The lowest BCUT2D eigenvalue weighted by molar-refractivity contribution is -0.231. The van der Waals surface area contributed by atoms with Crippen molar-refractivity contribution in [1.82, 2.24) is 5.32 Å². The first-order valence-electron chi connectivity index (χ1n) is 10.3. The maximum absolute atomic E-state index is 10.5. The van der Waals surface area contributed by atoms with Gasteiger partial charge in [0.15, 0.2) is 0 Å². The van der Waals surface area contributed by atoms with E-state index in [0.29, 0.717) is 5.56 Å². The van der Waals surface area contributed by atoms with Gasteiger partial charge < -0.3 is 35.2 Å². The van der Waals surface area contributed by atoms with E-state index in [2.05, 4.69) is 17.4 Å². The molecule has 4 rings (SSSR count). The van der Waals surface area contributed by atoms with Crippen LogP contribution in [0.25, 0.3) is 0 Å². The van der Waals surface area contributed by atoms with Gasteiger partial charge in [0.1, 0.15) is 36.3 Å². The number of methoxy groups -OCH3 is 1. The van der Waals surface area contributed by atoms with Crippen molar-refractivity contribution in [2.75, 3.05) is 20.3 Å². The van der Waals surface area contributed by atoms with E-state index in [0.717, 1.165) is 30.7 Å². The molecule has 8 heteroatoms. The summed E-state index contributed by atoms with van der Waals surface area (Å²) in [7, 11) is 1.65. The van der Waals surface area contributed by atoms with Crippen molar-refractivity contribution in [3.63, 3.8) is 0 Å². The van der Waals surface area contributed by atoms with Crippen molar-refractivity contribution in [3.05, 3.63) is 64.7 Å². The molecule has 0 radical (unpaired) electrons. The smallest absolute Gasteiger partial charge is 0.118 e. The lowest BCUT2D eigenvalue weighted by Gasteiger charge is -2.40. The summed E-state index contributed by atoms with van der Waals surface area (Å²) in [5.41, 5.74) is 4.26. The van der Waals surface area contributed by atoms with Crippen molar-refractivity contribution < 1.29 is 29.9 Å². The molecule has 0 spiro atoms. The third-order valence-electron chi connectivity index (χ3n) is 6.15. The number of benzene rings is 2. The van der Waals surface area contributed by atoms with Gasteiger partial charge in [0.05, 0.1) is 13.7 Å². The van der Waals surface area contributed by atoms with Crippen LogP contribution in [0.1, 0.15) is 34.4 Å². The molecule has 170 valence electrons. The van der Waals surface area contributed by atoms with Crippen LogP contribution in [0.4, 0.5) is 0 Å². The van der Waals surface area contributed by atoms with E-state index in [4.69, 9.17) is 9.47 Å². The lowest BCUT2D eigenvalue weighted by Crippen LogP contribution is -2.55. The van der Waals surface area contributed by atoms with Gasteiger partial charge in [-0.1, -0.05) is 30.3 Å². The zero-order chi connectivity index (χ0) is 21.3. The highest BCUT2D eigenvalue weighted by Gasteiger charge is 2.44. The van der Waals surface area contributed by atoms with Crippen LogP contribution in [-0.4, -0.2) is 65.1 Å². The zero-order valence-electron chi connectivity index (χ0n) is 17.3. The molecule has 0 aromatic heterocycles. The first-order valence-corrected chi connectivity index (χ1v) is 10.3. The summed E-state index contributed by atoms with van der Waals surface area (Å²) in [5, 5.41) is 43.7. The Labute approximate surface area is 188 Å². The summed E-state index contributed by atoms with van der Waals surface area (Å²) in [6, 6.07) is 14.0. The van der Waals surface area contributed by atoms with Gasteiger partial charge in [-0.3, -0.25) is 0 Å². The highest BCUT2D eigenvalue weighted by Crippen LogP contribution is 2.35. The Morgan fingerprint density at radius 1 is 1.03 bits per heavy atom. The van der Waals surface area contributed by atoms with E-state index in [1.807, 2.05) is 30.3 Å². The SMILES string of the molecule is COc1ccc(C[C@@H]2NCCc3ccc([C@@H]4O[C@H](CO)[C@@H](O)[C@H](O)[C@H]4O)cc32)cc1.Cl. The average Bonchev–Trinajstić information content (AvgIpc) is 2.78. The number of nitrogens with one attached hydrogen (secondary N) is 1. The van der Waals surface area contributed by atoms with Gasteiger partial charge in [-0.05, 0) is 53.8 Å². The first kappa shape index (κ1) is 23.9. The summed E-state index contributed by atoms with van der Waals surface area (Å²) < 4.78 is 11.0. The molecular formula is C23H30ClNO6. The van der Waals surface area contributed by atoms with Crippen LogP contribution in [0.3, 0.4) is 0 Å². The predicted octanol–water partition coefficient (Wildman–Crippen LogP) is 1.06. The van der Waals surface area contributed by atoms with Crippen LogP contribution in [0.15, 0.2) is 42.5 Å². The molecule has 0 unspecified atom stereocenters. The maximum Gasteiger partial charge on any atom is 0.118 e. The molecule has 7 nitrogen and oxygen atoms in total. The van der Waals surface area contributed by atoms with Crippen molar-refractivity contribution in [3.8, 4) is 5.75 Å². The van der Waals surface area contributed by atoms with Crippen LogP contribution in [0.5, 0.6) is 5.75 Å². The Morgan fingerprint density at radius 2 is 1.77 bits per heavy atom. The number of hydrogen-bond donors (Lipinski definition) is 5. The van der Waals surface area contributed by atoms with Crippen molar-refractivity contribution in [1.29, 1.82) is 0 Å². The molecule has 0 aliphatic carbocycles. The summed E-state index contributed by atoms with van der Waals surface area (Å²) in [6.45, 7) is 0.446. The van der Waals surface area contributed by atoms with Gasteiger partial charge in [-0.25, -0.2) is 0 Å². The van der Waals surface area contributed by atoms with Gasteiger partial charge in [0, 0.05) is 6.04 Å². The summed E-state index contributed by atoms with van der Waals surface area (Å²) >= 11 is 0. The van der Waals surface area contributed by atoms with E-state index in [1.165, 1.54) is 11.1 Å². The normalized spacial score (nSPS) is 30.2. The standard InChI is InChI=1S/C23H29NO6.ClH/c1-29-16-6-2-13(3-7-16)10-18-17-11-15(5-4-14(17)8-9-24-18)23-22(28)21(27)20(26)19(12-25)30-23;/h2-7,11,18-28H,8-10,12H2,1H3;1H/t18-,19+,20+,21-,22+,23-;/m0./s1. The highest BCUT2D eigenvalue weighted by molar-refractivity contribution is 5.85. The second kappa shape index (κ2) is 10.3. The van der Waals surface area contributed by atoms with Crippen LogP contribution in [0, 0.1) is 0 Å². The Bertz CT molecular complexity index is 862. The second-order valence-electron chi connectivity index (χ2n) is 8.02. The van der Waals surface area contributed by atoms with E-state index in [-0.39, 0.29) is 18.4 Å².